The van der Waals surface area contributed by atoms with E-state index in [-0.39, 0.29) is 5.91 Å². The number of amides is 1. The monoisotopic (exact) mass is 522 g/mol. The fourth-order valence-corrected chi connectivity index (χ4v) is 5.13. The number of fused-ring (bicyclic) bond motifs is 1. The maximum absolute atomic E-state index is 12.1. The third kappa shape index (κ3) is 4.88. The summed E-state index contributed by atoms with van der Waals surface area (Å²) in [6.07, 6.45) is 8.37. The van der Waals surface area contributed by atoms with Gasteiger partial charge in [0.15, 0.2) is 0 Å². The van der Waals surface area contributed by atoms with Crippen LogP contribution in [-0.2, 0) is 0 Å². The van der Waals surface area contributed by atoms with Gasteiger partial charge < -0.3 is 25.7 Å². The molecule has 3 aromatic heterocycles. The van der Waals surface area contributed by atoms with Crippen LogP contribution < -0.4 is 20.7 Å². The Kier molecular flexibility index (Phi) is 6.58. The molecule has 10 nitrogen and oxygen atoms in total. The van der Waals surface area contributed by atoms with Crippen LogP contribution in [0, 0.1) is 0 Å². The fraction of sp³-hybridized carbons (Fsp3) is 0.241. The van der Waals surface area contributed by atoms with E-state index in [1.54, 1.807) is 38.6 Å². The Bertz CT molecular complexity index is 1600. The molecule has 1 amide bonds. The quantitative estimate of drug-likeness (QED) is 0.182. The van der Waals surface area contributed by atoms with Gasteiger partial charge in [0.25, 0.3) is 5.91 Å². The molecule has 0 radical (unpaired) electrons. The highest BCUT2D eigenvalue weighted by Crippen LogP contribution is 2.36. The molecular weight excluding hydrogens is 492 g/mol. The summed E-state index contributed by atoms with van der Waals surface area (Å²) in [5.41, 5.74) is 6.03. The molecule has 0 spiro atoms. The van der Waals surface area contributed by atoms with Crippen LogP contribution in [0.25, 0.3) is 33.4 Å². The van der Waals surface area contributed by atoms with Crippen LogP contribution in [0.3, 0.4) is 0 Å². The number of methoxy groups -OCH3 is 1. The first-order chi connectivity index (χ1) is 19.1. The highest BCUT2D eigenvalue weighted by molar-refractivity contribution is 6.02. The van der Waals surface area contributed by atoms with E-state index < -0.39 is 0 Å². The van der Waals surface area contributed by atoms with Crippen LogP contribution in [0.1, 0.15) is 36.0 Å². The molecule has 0 atom stereocenters. The number of carbonyl (C=O) groups excluding carboxylic acids is 1. The molecule has 2 aromatic carbocycles. The van der Waals surface area contributed by atoms with Crippen LogP contribution in [0.4, 0.5) is 17.5 Å². The Morgan fingerprint density at radius 1 is 1.03 bits per heavy atom. The van der Waals surface area contributed by atoms with Crippen molar-refractivity contribution in [2.24, 2.45) is 0 Å². The Morgan fingerprint density at radius 2 is 1.82 bits per heavy atom. The highest BCUT2D eigenvalue weighted by atomic mass is 16.5. The van der Waals surface area contributed by atoms with Gasteiger partial charge in [0, 0.05) is 36.6 Å². The van der Waals surface area contributed by atoms with Gasteiger partial charge in [0.2, 0.25) is 5.95 Å². The number of rotatable bonds is 8. The molecule has 1 saturated carbocycles. The second-order valence-electron chi connectivity index (χ2n) is 9.61. The molecule has 1 aliphatic carbocycles. The lowest BCUT2D eigenvalue weighted by Crippen LogP contribution is -2.18. The molecule has 6 rings (SSSR count). The summed E-state index contributed by atoms with van der Waals surface area (Å²) in [4.78, 5) is 25.1. The standard InChI is InChI=1S/C29H30N8O2/c1-30-28(38)19-11-12-23(24(15-19)39-2)34-29-35-26-25(27(36-29)33-20-5-3-4-6-20)21(16-31-26)17-7-9-18(10-8-17)22-13-14-32-37-22/h7-16,20H,3-6H2,1-2H3,(H,30,38)(H,32,37)(H3,31,33,34,35,36). The summed E-state index contributed by atoms with van der Waals surface area (Å²) in [6, 6.07) is 15.9. The van der Waals surface area contributed by atoms with Crippen LogP contribution >= 0.6 is 0 Å². The van der Waals surface area contributed by atoms with Crippen molar-refractivity contribution in [1.82, 2.24) is 30.5 Å². The largest absolute Gasteiger partial charge is 0.495 e. The average molecular weight is 523 g/mol. The van der Waals surface area contributed by atoms with Crippen molar-refractivity contribution in [3.05, 3.63) is 66.5 Å². The van der Waals surface area contributed by atoms with Crippen molar-refractivity contribution in [3.8, 4) is 28.1 Å². The lowest BCUT2D eigenvalue weighted by atomic mass is 10.0. The second kappa shape index (κ2) is 10.5. The highest BCUT2D eigenvalue weighted by Gasteiger charge is 2.21. The van der Waals surface area contributed by atoms with Crippen LogP contribution in [0.15, 0.2) is 60.9 Å². The van der Waals surface area contributed by atoms with E-state index >= 15 is 0 Å². The van der Waals surface area contributed by atoms with E-state index in [1.807, 2.05) is 12.3 Å². The molecule has 1 fully saturated rings. The third-order valence-corrected chi connectivity index (χ3v) is 7.17. The lowest BCUT2D eigenvalue weighted by molar-refractivity contribution is 0.0963. The predicted molar refractivity (Wildman–Crippen MR) is 152 cm³/mol. The Hall–Kier alpha value is -4.86. The maximum Gasteiger partial charge on any atom is 0.251 e. The summed E-state index contributed by atoms with van der Waals surface area (Å²) in [6.45, 7) is 0. The minimum atomic E-state index is -0.183. The molecule has 0 saturated heterocycles. The first kappa shape index (κ1) is 24.5. The zero-order chi connectivity index (χ0) is 26.8. The number of nitrogens with zero attached hydrogens (tertiary/aromatic N) is 3. The Labute approximate surface area is 225 Å². The number of hydrogen-bond donors (Lipinski definition) is 5. The SMILES string of the molecule is CNC(=O)c1ccc(Nc2nc(NC3CCCC3)c3c(-c4ccc(-c5ccn[nH]5)cc4)c[nH]c3n2)c(OC)c1. The van der Waals surface area contributed by atoms with Crippen molar-refractivity contribution < 1.29 is 9.53 Å². The second-order valence-corrected chi connectivity index (χ2v) is 9.61. The van der Waals surface area contributed by atoms with Crippen LogP contribution in [0.2, 0.25) is 0 Å². The molecule has 10 heteroatoms. The van der Waals surface area contributed by atoms with E-state index in [2.05, 4.69) is 55.4 Å². The number of hydrogen-bond acceptors (Lipinski definition) is 7. The van der Waals surface area contributed by atoms with E-state index in [1.165, 1.54) is 12.8 Å². The van der Waals surface area contributed by atoms with E-state index in [0.29, 0.717) is 29.0 Å². The van der Waals surface area contributed by atoms with Gasteiger partial charge in [0.1, 0.15) is 17.2 Å². The topological polar surface area (TPSA) is 133 Å². The Morgan fingerprint density at radius 3 is 2.54 bits per heavy atom. The zero-order valence-electron chi connectivity index (χ0n) is 21.8. The predicted octanol–water partition coefficient (Wildman–Crippen LogP) is 5.48. The van der Waals surface area contributed by atoms with Crippen molar-refractivity contribution in [1.29, 1.82) is 0 Å². The molecule has 0 aliphatic heterocycles. The first-order valence-corrected chi connectivity index (χ1v) is 13.1. The number of carbonyl (C=O) groups is 1. The smallest absolute Gasteiger partial charge is 0.251 e. The fourth-order valence-electron chi connectivity index (χ4n) is 5.13. The van der Waals surface area contributed by atoms with Gasteiger partial charge in [-0.1, -0.05) is 37.1 Å². The third-order valence-electron chi connectivity index (χ3n) is 7.17. The van der Waals surface area contributed by atoms with Crippen molar-refractivity contribution in [2.75, 3.05) is 24.8 Å². The lowest BCUT2D eigenvalue weighted by Gasteiger charge is -2.16. The van der Waals surface area contributed by atoms with Crippen LogP contribution in [0.5, 0.6) is 5.75 Å². The summed E-state index contributed by atoms with van der Waals surface area (Å²) in [5, 5.41) is 17.6. The number of benzene rings is 2. The van der Waals surface area contributed by atoms with Crippen molar-refractivity contribution in [3.63, 3.8) is 0 Å². The van der Waals surface area contributed by atoms with Gasteiger partial charge in [-0.25, -0.2) is 0 Å². The molecule has 39 heavy (non-hydrogen) atoms. The van der Waals surface area contributed by atoms with Gasteiger partial charge in [-0.05, 0) is 48.2 Å². The molecule has 1 aliphatic rings. The van der Waals surface area contributed by atoms with Gasteiger partial charge in [-0.3, -0.25) is 9.89 Å². The number of aromatic nitrogens is 5. The average Bonchev–Trinajstić information content (AvgIpc) is 3.76. The zero-order valence-corrected chi connectivity index (χ0v) is 21.8. The van der Waals surface area contributed by atoms with Crippen LogP contribution in [-0.4, -0.2) is 51.3 Å². The molecule has 0 bridgehead atoms. The minimum absolute atomic E-state index is 0.183. The molecule has 3 heterocycles. The molecule has 5 N–H and O–H groups in total. The molecule has 5 aromatic rings. The summed E-state index contributed by atoms with van der Waals surface area (Å²) in [5.74, 6) is 1.55. The normalized spacial score (nSPS) is 13.5. The van der Waals surface area contributed by atoms with Gasteiger partial charge in [-0.2, -0.15) is 15.1 Å². The van der Waals surface area contributed by atoms with Crippen molar-refractivity contribution in [2.45, 2.75) is 31.7 Å². The maximum atomic E-state index is 12.1. The number of anilines is 3. The van der Waals surface area contributed by atoms with Gasteiger partial charge in [-0.15, -0.1) is 0 Å². The van der Waals surface area contributed by atoms with E-state index in [9.17, 15) is 4.79 Å². The first-order valence-electron chi connectivity index (χ1n) is 13.1. The van der Waals surface area contributed by atoms with Gasteiger partial charge >= 0.3 is 0 Å². The summed E-state index contributed by atoms with van der Waals surface area (Å²) >= 11 is 0. The number of aromatic amines is 2. The number of H-pyrrole nitrogens is 2. The summed E-state index contributed by atoms with van der Waals surface area (Å²) < 4.78 is 5.55. The molecule has 0 unspecified atom stereocenters. The van der Waals surface area contributed by atoms with Crippen molar-refractivity contribution >= 4 is 34.4 Å². The molecular formula is C29H30N8O2. The Balaban J connectivity index is 1.38. The van der Waals surface area contributed by atoms with E-state index in [4.69, 9.17) is 14.7 Å². The van der Waals surface area contributed by atoms with Gasteiger partial charge in [0.05, 0.1) is 23.9 Å². The number of ether oxygens (including phenoxy) is 1. The number of nitrogens with one attached hydrogen (secondary N) is 5. The van der Waals surface area contributed by atoms with E-state index in [0.717, 1.165) is 52.1 Å². The summed E-state index contributed by atoms with van der Waals surface area (Å²) in [7, 11) is 3.17. The molecule has 198 valence electrons. The minimum Gasteiger partial charge on any atom is -0.495 e.